The third-order valence-corrected chi connectivity index (χ3v) is 2.89. The molecule has 1 aromatic rings. The van der Waals surface area contributed by atoms with Crippen molar-refractivity contribution in [2.24, 2.45) is 0 Å². The van der Waals surface area contributed by atoms with Gasteiger partial charge in [-0.05, 0) is 25.0 Å². The smallest absolute Gasteiger partial charge is 0.253 e. The number of anilines is 1. The van der Waals surface area contributed by atoms with Gasteiger partial charge in [-0.15, -0.1) is 0 Å². The molecule has 98 valence electrons. The molecule has 0 radical (unpaired) electrons. The number of hydrogen-bond acceptors (Lipinski definition) is 4. The molecule has 1 heterocycles. The molecule has 1 fully saturated rings. The van der Waals surface area contributed by atoms with Crippen LogP contribution in [0.25, 0.3) is 0 Å². The molecule has 0 spiro atoms. The lowest BCUT2D eigenvalue weighted by Crippen LogP contribution is -2.27. The standard InChI is InChI=1S/C13H17NO4/c1-16-9-5-6-11(17-2)10(8-9)14-13(15)12-4-3-7-18-12/h5-6,8,12H,3-4,7H2,1-2H3,(H,14,15)/t12-/m1/s1. The summed E-state index contributed by atoms with van der Waals surface area (Å²) in [5.74, 6) is 1.12. The van der Waals surface area contributed by atoms with Gasteiger partial charge in [0, 0.05) is 12.7 Å². The van der Waals surface area contributed by atoms with Gasteiger partial charge < -0.3 is 19.5 Å². The monoisotopic (exact) mass is 251 g/mol. The maximum atomic E-state index is 12.0. The highest BCUT2D eigenvalue weighted by Crippen LogP contribution is 2.29. The van der Waals surface area contributed by atoms with Crippen LogP contribution in [0.1, 0.15) is 12.8 Å². The molecule has 5 heteroatoms. The van der Waals surface area contributed by atoms with E-state index in [1.54, 1.807) is 32.4 Å². The largest absolute Gasteiger partial charge is 0.497 e. The van der Waals surface area contributed by atoms with Crippen LogP contribution in [0.4, 0.5) is 5.69 Å². The molecular formula is C13H17NO4. The van der Waals surface area contributed by atoms with Gasteiger partial charge >= 0.3 is 0 Å². The lowest BCUT2D eigenvalue weighted by molar-refractivity contribution is -0.124. The van der Waals surface area contributed by atoms with E-state index in [4.69, 9.17) is 14.2 Å². The van der Waals surface area contributed by atoms with Gasteiger partial charge in [-0.25, -0.2) is 0 Å². The topological polar surface area (TPSA) is 56.8 Å². The molecule has 1 aromatic carbocycles. The third kappa shape index (κ3) is 2.73. The molecule has 0 aliphatic carbocycles. The lowest BCUT2D eigenvalue weighted by atomic mass is 10.2. The molecule has 1 atom stereocenters. The normalized spacial score (nSPS) is 18.4. The number of amides is 1. The molecule has 0 saturated carbocycles. The molecule has 1 aliphatic heterocycles. The molecule has 5 nitrogen and oxygen atoms in total. The van der Waals surface area contributed by atoms with Gasteiger partial charge in [0.2, 0.25) is 0 Å². The predicted octanol–water partition coefficient (Wildman–Crippen LogP) is 1.82. The number of hydrogen-bond donors (Lipinski definition) is 1. The average Bonchev–Trinajstić information content (AvgIpc) is 2.92. The number of rotatable bonds is 4. The van der Waals surface area contributed by atoms with E-state index in [1.807, 2.05) is 0 Å². The second-order valence-corrected chi connectivity index (χ2v) is 4.06. The van der Waals surface area contributed by atoms with Crippen LogP contribution >= 0.6 is 0 Å². The van der Waals surface area contributed by atoms with Gasteiger partial charge in [-0.2, -0.15) is 0 Å². The molecule has 0 bridgehead atoms. The van der Waals surface area contributed by atoms with Crippen molar-refractivity contribution in [1.29, 1.82) is 0 Å². The van der Waals surface area contributed by atoms with Crippen molar-refractivity contribution in [3.8, 4) is 11.5 Å². The highest BCUT2D eigenvalue weighted by Gasteiger charge is 2.24. The molecule has 18 heavy (non-hydrogen) atoms. The summed E-state index contributed by atoms with van der Waals surface area (Å²) in [5, 5.41) is 2.81. The zero-order valence-electron chi connectivity index (χ0n) is 10.6. The maximum absolute atomic E-state index is 12.0. The first-order chi connectivity index (χ1) is 8.74. The number of carbonyl (C=O) groups is 1. The van der Waals surface area contributed by atoms with Crippen molar-refractivity contribution < 1.29 is 19.0 Å². The van der Waals surface area contributed by atoms with E-state index >= 15 is 0 Å². The van der Waals surface area contributed by atoms with Crippen LogP contribution in [0.15, 0.2) is 18.2 Å². The second-order valence-electron chi connectivity index (χ2n) is 4.06. The third-order valence-electron chi connectivity index (χ3n) is 2.89. The predicted molar refractivity (Wildman–Crippen MR) is 67.1 cm³/mol. The first-order valence-electron chi connectivity index (χ1n) is 5.89. The fourth-order valence-electron chi connectivity index (χ4n) is 1.91. The molecule has 1 N–H and O–H groups in total. The van der Waals surface area contributed by atoms with Crippen molar-refractivity contribution in [3.05, 3.63) is 18.2 Å². The van der Waals surface area contributed by atoms with Gasteiger partial charge in [0.1, 0.15) is 17.6 Å². The van der Waals surface area contributed by atoms with Crippen LogP contribution in [0.2, 0.25) is 0 Å². The number of benzene rings is 1. The molecule has 1 aliphatic rings. The first kappa shape index (κ1) is 12.7. The van der Waals surface area contributed by atoms with E-state index in [0.717, 1.165) is 12.8 Å². The summed E-state index contributed by atoms with van der Waals surface area (Å²) < 4.78 is 15.7. The Morgan fingerprint density at radius 3 is 2.83 bits per heavy atom. The van der Waals surface area contributed by atoms with Crippen LogP contribution in [0.5, 0.6) is 11.5 Å². The Labute approximate surface area is 106 Å². The second kappa shape index (κ2) is 5.73. The van der Waals surface area contributed by atoms with E-state index in [1.165, 1.54) is 0 Å². The van der Waals surface area contributed by atoms with E-state index in [-0.39, 0.29) is 12.0 Å². The highest BCUT2D eigenvalue weighted by atomic mass is 16.5. The molecule has 0 unspecified atom stereocenters. The Balaban J connectivity index is 2.13. The summed E-state index contributed by atoms with van der Waals surface area (Å²) in [6.07, 6.45) is 1.33. The SMILES string of the molecule is COc1ccc(OC)c(NC(=O)[C@H]2CCCO2)c1. The first-order valence-corrected chi connectivity index (χ1v) is 5.89. The zero-order chi connectivity index (χ0) is 13.0. The quantitative estimate of drug-likeness (QED) is 0.886. The average molecular weight is 251 g/mol. The van der Waals surface area contributed by atoms with Crippen LogP contribution in [-0.2, 0) is 9.53 Å². The minimum Gasteiger partial charge on any atom is -0.497 e. The number of ether oxygens (including phenoxy) is 3. The summed E-state index contributed by atoms with van der Waals surface area (Å²) in [4.78, 5) is 12.0. The van der Waals surface area contributed by atoms with Crippen molar-refractivity contribution in [3.63, 3.8) is 0 Å². The van der Waals surface area contributed by atoms with Gasteiger partial charge in [0.05, 0.1) is 19.9 Å². The Kier molecular flexibility index (Phi) is 4.04. The van der Waals surface area contributed by atoms with Crippen LogP contribution in [0, 0.1) is 0 Å². The highest BCUT2D eigenvalue weighted by molar-refractivity contribution is 5.95. The van der Waals surface area contributed by atoms with E-state index < -0.39 is 0 Å². The Morgan fingerprint density at radius 2 is 2.22 bits per heavy atom. The molecule has 1 amide bonds. The summed E-state index contributed by atoms with van der Waals surface area (Å²) in [6.45, 7) is 0.646. The number of nitrogens with one attached hydrogen (secondary N) is 1. The van der Waals surface area contributed by atoms with Crippen LogP contribution in [0.3, 0.4) is 0 Å². The summed E-state index contributed by atoms with van der Waals surface area (Å²) in [5.41, 5.74) is 0.595. The minimum absolute atomic E-state index is 0.140. The van der Waals surface area contributed by atoms with Crippen LogP contribution < -0.4 is 14.8 Å². The summed E-state index contributed by atoms with van der Waals surface area (Å²) in [6, 6.07) is 5.26. The Hall–Kier alpha value is -1.75. The molecule has 0 aromatic heterocycles. The van der Waals surface area contributed by atoms with Gasteiger partial charge in [0.15, 0.2) is 0 Å². The van der Waals surface area contributed by atoms with Gasteiger partial charge in [-0.1, -0.05) is 0 Å². The number of methoxy groups -OCH3 is 2. The zero-order valence-corrected chi connectivity index (χ0v) is 10.6. The molecule has 1 saturated heterocycles. The van der Waals surface area contributed by atoms with Gasteiger partial charge in [-0.3, -0.25) is 4.79 Å². The van der Waals surface area contributed by atoms with E-state index in [9.17, 15) is 4.79 Å². The fourth-order valence-corrected chi connectivity index (χ4v) is 1.91. The summed E-state index contributed by atoms with van der Waals surface area (Å²) >= 11 is 0. The maximum Gasteiger partial charge on any atom is 0.253 e. The van der Waals surface area contributed by atoms with Crippen molar-refractivity contribution in [2.75, 3.05) is 26.1 Å². The Morgan fingerprint density at radius 1 is 1.39 bits per heavy atom. The van der Waals surface area contributed by atoms with Crippen molar-refractivity contribution >= 4 is 11.6 Å². The lowest BCUT2D eigenvalue weighted by Gasteiger charge is -2.14. The summed E-state index contributed by atoms with van der Waals surface area (Å²) in [7, 11) is 3.14. The molecular weight excluding hydrogens is 234 g/mol. The Bertz CT molecular complexity index is 427. The van der Waals surface area contributed by atoms with Crippen LogP contribution in [-0.4, -0.2) is 32.8 Å². The fraction of sp³-hybridized carbons (Fsp3) is 0.462. The number of carbonyl (C=O) groups excluding carboxylic acids is 1. The van der Waals surface area contributed by atoms with Crippen molar-refractivity contribution in [1.82, 2.24) is 0 Å². The minimum atomic E-state index is -0.360. The van der Waals surface area contributed by atoms with Gasteiger partial charge in [0.25, 0.3) is 5.91 Å². The van der Waals surface area contributed by atoms with Crippen molar-refractivity contribution in [2.45, 2.75) is 18.9 Å². The molecule has 2 rings (SSSR count). The van der Waals surface area contributed by atoms with E-state index in [0.29, 0.717) is 23.8 Å². The van der Waals surface area contributed by atoms with E-state index in [2.05, 4.69) is 5.32 Å².